The molecule has 5 nitrogen and oxygen atoms in total. The number of fused-ring (bicyclic) bond motifs is 3. The Morgan fingerprint density at radius 1 is 1.25 bits per heavy atom. The highest BCUT2D eigenvalue weighted by Gasteiger charge is 2.40. The van der Waals surface area contributed by atoms with Crippen LogP contribution in [-0.4, -0.2) is 12.0 Å². The van der Waals surface area contributed by atoms with Crippen LogP contribution >= 0.6 is 0 Å². The highest BCUT2D eigenvalue weighted by Crippen LogP contribution is 2.52. The Kier molecular flexibility index (Phi) is 3.49. The van der Waals surface area contributed by atoms with Crippen molar-refractivity contribution in [3.63, 3.8) is 0 Å². The summed E-state index contributed by atoms with van der Waals surface area (Å²) < 4.78 is 5.34. The number of benzene rings is 2. The van der Waals surface area contributed by atoms with Crippen molar-refractivity contribution in [2.24, 2.45) is 5.92 Å². The van der Waals surface area contributed by atoms with Crippen LogP contribution in [0.15, 0.2) is 54.6 Å². The smallest absolute Gasteiger partial charge is 0.292 e. The van der Waals surface area contributed by atoms with Crippen LogP contribution in [0.3, 0.4) is 0 Å². The van der Waals surface area contributed by atoms with E-state index in [4.69, 9.17) is 4.74 Å². The monoisotopic (exact) mass is 322 g/mol. The number of hydrogen-bond acceptors (Lipinski definition) is 4. The topological polar surface area (TPSA) is 64.4 Å². The molecule has 0 radical (unpaired) electrons. The van der Waals surface area contributed by atoms with Gasteiger partial charge in [0, 0.05) is 12.0 Å². The van der Waals surface area contributed by atoms with Crippen LogP contribution in [-0.2, 0) is 0 Å². The number of methoxy groups -OCH3 is 1. The standard InChI is InChI=1S/C19H18N2O3/c1-24-13-6-2-5-12(11-13)18-15-8-3-7-14(15)16-9-4-10-17(21(22)23)19(16)20-18/h2-7,9-11,14-15,18,20H,8H2,1H3/t14-,15+,18-/m0/s1. The number of para-hydroxylation sites is 1. The summed E-state index contributed by atoms with van der Waals surface area (Å²) in [5.74, 6) is 1.36. The average Bonchev–Trinajstić information content (AvgIpc) is 3.10. The number of nitrogens with one attached hydrogen (secondary N) is 1. The van der Waals surface area contributed by atoms with Gasteiger partial charge in [0.2, 0.25) is 0 Å². The lowest BCUT2D eigenvalue weighted by molar-refractivity contribution is -0.384. The summed E-state index contributed by atoms with van der Waals surface area (Å²) in [6.45, 7) is 0. The van der Waals surface area contributed by atoms with E-state index >= 15 is 0 Å². The molecule has 4 rings (SSSR count). The zero-order valence-electron chi connectivity index (χ0n) is 13.3. The summed E-state index contributed by atoms with van der Waals surface area (Å²) in [7, 11) is 1.65. The fourth-order valence-corrected chi connectivity index (χ4v) is 3.92. The van der Waals surface area contributed by atoms with E-state index in [9.17, 15) is 10.1 Å². The van der Waals surface area contributed by atoms with E-state index in [1.807, 2.05) is 24.3 Å². The third-order valence-corrected chi connectivity index (χ3v) is 5.02. The Bertz CT molecular complexity index is 831. The van der Waals surface area contributed by atoms with Crippen LogP contribution in [0, 0.1) is 16.0 Å². The average molecular weight is 322 g/mol. The number of nitro groups is 1. The second kappa shape index (κ2) is 5.67. The van der Waals surface area contributed by atoms with E-state index < -0.39 is 0 Å². The van der Waals surface area contributed by atoms with Crippen LogP contribution in [0.25, 0.3) is 0 Å². The van der Waals surface area contributed by atoms with Gasteiger partial charge in [0.05, 0.1) is 18.1 Å². The first-order valence-electron chi connectivity index (χ1n) is 8.03. The largest absolute Gasteiger partial charge is 0.497 e. The summed E-state index contributed by atoms with van der Waals surface area (Å²) in [6, 6.07) is 13.3. The summed E-state index contributed by atoms with van der Waals surface area (Å²) in [4.78, 5) is 11.1. The van der Waals surface area contributed by atoms with Gasteiger partial charge >= 0.3 is 0 Å². The summed E-state index contributed by atoms with van der Waals surface area (Å²) in [5.41, 5.74) is 2.89. The number of nitrogens with zero attached hydrogens (tertiary/aromatic N) is 1. The molecular weight excluding hydrogens is 304 g/mol. The molecular formula is C19H18N2O3. The molecule has 2 aromatic carbocycles. The van der Waals surface area contributed by atoms with Crippen molar-refractivity contribution in [1.29, 1.82) is 0 Å². The first kappa shape index (κ1) is 14.8. The van der Waals surface area contributed by atoms with Gasteiger partial charge < -0.3 is 10.1 Å². The molecule has 0 spiro atoms. The number of nitro benzene ring substituents is 1. The maximum atomic E-state index is 11.4. The third-order valence-electron chi connectivity index (χ3n) is 5.02. The van der Waals surface area contributed by atoms with Crippen molar-refractivity contribution in [2.75, 3.05) is 12.4 Å². The highest BCUT2D eigenvalue weighted by atomic mass is 16.6. The Hall–Kier alpha value is -2.82. The Balaban J connectivity index is 1.83. The van der Waals surface area contributed by atoms with Gasteiger partial charge in [-0.15, -0.1) is 0 Å². The minimum Gasteiger partial charge on any atom is -0.497 e. The molecule has 3 atom stereocenters. The zero-order chi connectivity index (χ0) is 16.7. The molecule has 2 aromatic rings. The van der Waals surface area contributed by atoms with Crippen LogP contribution in [0.1, 0.15) is 29.5 Å². The molecule has 0 saturated heterocycles. The molecule has 122 valence electrons. The second-order valence-corrected chi connectivity index (χ2v) is 6.25. The highest BCUT2D eigenvalue weighted by molar-refractivity contribution is 5.71. The van der Waals surface area contributed by atoms with E-state index in [0.29, 0.717) is 11.6 Å². The maximum absolute atomic E-state index is 11.4. The quantitative estimate of drug-likeness (QED) is 0.516. The van der Waals surface area contributed by atoms with E-state index in [-0.39, 0.29) is 22.6 Å². The molecule has 1 aliphatic heterocycles. The fourth-order valence-electron chi connectivity index (χ4n) is 3.92. The lowest BCUT2D eigenvalue weighted by Gasteiger charge is -2.37. The second-order valence-electron chi connectivity index (χ2n) is 6.25. The van der Waals surface area contributed by atoms with Crippen LogP contribution < -0.4 is 10.1 Å². The lowest BCUT2D eigenvalue weighted by atomic mass is 9.77. The van der Waals surface area contributed by atoms with Crippen molar-refractivity contribution < 1.29 is 9.66 Å². The number of rotatable bonds is 3. The fraction of sp³-hybridized carbons (Fsp3) is 0.263. The molecule has 0 amide bonds. The van der Waals surface area contributed by atoms with Crippen molar-refractivity contribution in [3.05, 3.63) is 75.9 Å². The third kappa shape index (κ3) is 2.24. The zero-order valence-corrected chi connectivity index (χ0v) is 13.3. The van der Waals surface area contributed by atoms with Crippen LogP contribution in [0.2, 0.25) is 0 Å². The van der Waals surface area contributed by atoms with E-state index in [1.54, 1.807) is 19.2 Å². The molecule has 0 aromatic heterocycles. The Morgan fingerprint density at radius 2 is 2.08 bits per heavy atom. The van der Waals surface area contributed by atoms with Crippen LogP contribution in [0.5, 0.6) is 5.75 Å². The minimum atomic E-state index is -0.312. The Labute approximate surface area is 140 Å². The SMILES string of the molecule is COc1cccc([C@@H]2Nc3c(cccc3[N+](=O)[O-])[C@H]3C=CC[C@H]32)c1. The molecule has 0 bridgehead atoms. The molecule has 1 aliphatic carbocycles. The normalized spacial score (nSPS) is 24.0. The van der Waals surface area contributed by atoms with Crippen LogP contribution in [0.4, 0.5) is 11.4 Å². The number of allylic oxidation sites excluding steroid dienone is 2. The first-order chi connectivity index (χ1) is 11.7. The molecule has 5 heteroatoms. The summed E-state index contributed by atoms with van der Waals surface area (Å²) in [6.07, 6.45) is 5.32. The van der Waals surface area contributed by atoms with Gasteiger partial charge in [-0.05, 0) is 35.6 Å². The molecule has 1 N–H and O–H groups in total. The van der Waals surface area contributed by atoms with Gasteiger partial charge in [0.25, 0.3) is 5.69 Å². The predicted molar refractivity (Wildman–Crippen MR) is 92.4 cm³/mol. The van der Waals surface area contributed by atoms with Gasteiger partial charge in [-0.25, -0.2) is 0 Å². The van der Waals surface area contributed by atoms with Crippen molar-refractivity contribution in [1.82, 2.24) is 0 Å². The molecule has 2 aliphatic rings. The molecule has 1 heterocycles. The molecule has 0 fully saturated rings. The van der Waals surface area contributed by atoms with Gasteiger partial charge in [-0.1, -0.05) is 36.4 Å². The minimum absolute atomic E-state index is 0.0219. The lowest BCUT2D eigenvalue weighted by Crippen LogP contribution is -2.29. The molecule has 24 heavy (non-hydrogen) atoms. The Morgan fingerprint density at radius 3 is 2.88 bits per heavy atom. The van der Waals surface area contributed by atoms with Crippen molar-refractivity contribution in [2.45, 2.75) is 18.4 Å². The molecule has 0 unspecified atom stereocenters. The van der Waals surface area contributed by atoms with Gasteiger partial charge in [-0.2, -0.15) is 0 Å². The summed E-state index contributed by atoms with van der Waals surface area (Å²) >= 11 is 0. The van der Waals surface area contributed by atoms with E-state index in [1.165, 1.54) is 0 Å². The maximum Gasteiger partial charge on any atom is 0.292 e. The number of hydrogen-bond donors (Lipinski definition) is 1. The first-order valence-corrected chi connectivity index (χ1v) is 8.03. The van der Waals surface area contributed by atoms with Crippen molar-refractivity contribution in [3.8, 4) is 5.75 Å². The van der Waals surface area contributed by atoms with Crippen molar-refractivity contribution >= 4 is 11.4 Å². The summed E-state index contributed by atoms with van der Waals surface area (Å²) in [5, 5.41) is 14.9. The van der Waals surface area contributed by atoms with Gasteiger partial charge in [0.15, 0.2) is 0 Å². The van der Waals surface area contributed by atoms with Gasteiger partial charge in [0.1, 0.15) is 11.4 Å². The number of ether oxygens (including phenoxy) is 1. The molecule has 0 saturated carbocycles. The predicted octanol–water partition coefficient (Wildman–Crippen LogP) is 4.43. The van der Waals surface area contributed by atoms with Gasteiger partial charge in [-0.3, -0.25) is 10.1 Å². The number of anilines is 1. The van der Waals surface area contributed by atoms with E-state index in [0.717, 1.165) is 23.3 Å². The van der Waals surface area contributed by atoms with E-state index in [2.05, 4.69) is 23.5 Å².